The van der Waals surface area contributed by atoms with Gasteiger partial charge in [-0.15, -0.1) is 0 Å². The fraction of sp³-hybridized carbons (Fsp3) is 0.174. The number of rotatable bonds is 5. The van der Waals surface area contributed by atoms with E-state index in [-0.39, 0.29) is 5.91 Å². The second-order valence-corrected chi connectivity index (χ2v) is 8.93. The van der Waals surface area contributed by atoms with Gasteiger partial charge in [-0.1, -0.05) is 51.5 Å². The number of benzene rings is 2. The summed E-state index contributed by atoms with van der Waals surface area (Å²) in [6, 6.07) is 17.9. The highest BCUT2D eigenvalue weighted by Gasteiger charge is 2.21. The Morgan fingerprint density at radius 2 is 1.93 bits per heavy atom. The lowest BCUT2D eigenvalue weighted by Gasteiger charge is -2.20. The van der Waals surface area contributed by atoms with Crippen LogP contribution in [-0.4, -0.2) is 15.9 Å². The van der Waals surface area contributed by atoms with E-state index in [9.17, 15) is 4.79 Å². The molecule has 0 aliphatic heterocycles. The molecule has 0 spiro atoms. The SMILES string of the molecule is Cc1ccc(CC(=O)N(Cc2ccccn2)c2nc3ccc(Br)cc3s2)cc1C. The second kappa shape index (κ2) is 8.43. The van der Waals surface area contributed by atoms with Gasteiger partial charge in [-0.2, -0.15) is 0 Å². The Labute approximate surface area is 182 Å². The average Bonchev–Trinajstić information content (AvgIpc) is 3.12. The van der Waals surface area contributed by atoms with Gasteiger partial charge < -0.3 is 0 Å². The van der Waals surface area contributed by atoms with E-state index in [0.29, 0.717) is 18.1 Å². The molecule has 2 aromatic carbocycles. The molecule has 6 heteroatoms. The monoisotopic (exact) mass is 465 g/mol. The number of carbonyl (C=O) groups is 1. The van der Waals surface area contributed by atoms with Gasteiger partial charge in [0.2, 0.25) is 5.91 Å². The van der Waals surface area contributed by atoms with Crippen LogP contribution < -0.4 is 4.90 Å². The van der Waals surface area contributed by atoms with Crippen LogP contribution in [0, 0.1) is 13.8 Å². The summed E-state index contributed by atoms with van der Waals surface area (Å²) in [5.74, 6) is 0.0111. The molecule has 4 aromatic rings. The van der Waals surface area contributed by atoms with Crippen molar-refractivity contribution in [2.75, 3.05) is 4.90 Å². The molecule has 0 radical (unpaired) electrons. The van der Waals surface area contributed by atoms with E-state index in [0.717, 1.165) is 25.9 Å². The average molecular weight is 466 g/mol. The smallest absolute Gasteiger partial charge is 0.233 e. The minimum atomic E-state index is 0.0111. The Morgan fingerprint density at radius 3 is 2.69 bits per heavy atom. The van der Waals surface area contributed by atoms with Crippen molar-refractivity contribution >= 4 is 48.5 Å². The quantitative estimate of drug-likeness (QED) is 0.371. The summed E-state index contributed by atoms with van der Waals surface area (Å²) in [6.45, 7) is 4.54. The van der Waals surface area contributed by atoms with E-state index in [2.05, 4.69) is 46.9 Å². The predicted octanol–water partition coefficient (Wildman–Crippen LogP) is 5.85. The highest BCUT2D eigenvalue weighted by Crippen LogP contribution is 2.32. The van der Waals surface area contributed by atoms with E-state index in [1.807, 2.05) is 42.5 Å². The first kappa shape index (κ1) is 19.7. The van der Waals surface area contributed by atoms with Gasteiger partial charge in [0.15, 0.2) is 5.13 Å². The van der Waals surface area contributed by atoms with Crippen LogP contribution >= 0.6 is 27.3 Å². The number of anilines is 1. The fourth-order valence-corrected chi connectivity index (χ4v) is 4.64. The third-order valence-electron chi connectivity index (χ3n) is 4.84. The number of carbonyl (C=O) groups excluding carboxylic acids is 1. The summed E-state index contributed by atoms with van der Waals surface area (Å²) >= 11 is 5.03. The fourth-order valence-electron chi connectivity index (χ4n) is 3.10. The molecule has 0 aliphatic carbocycles. The minimum absolute atomic E-state index is 0.0111. The molecule has 29 heavy (non-hydrogen) atoms. The molecular weight excluding hydrogens is 446 g/mol. The Kier molecular flexibility index (Phi) is 5.74. The molecule has 4 rings (SSSR count). The normalized spacial score (nSPS) is 11.0. The lowest BCUT2D eigenvalue weighted by atomic mass is 10.0. The Hall–Kier alpha value is -2.57. The van der Waals surface area contributed by atoms with Crippen molar-refractivity contribution in [1.29, 1.82) is 0 Å². The van der Waals surface area contributed by atoms with E-state index < -0.39 is 0 Å². The van der Waals surface area contributed by atoms with Crippen molar-refractivity contribution in [2.45, 2.75) is 26.8 Å². The van der Waals surface area contributed by atoms with Gasteiger partial charge in [0, 0.05) is 10.7 Å². The van der Waals surface area contributed by atoms with Crippen LogP contribution in [0.4, 0.5) is 5.13 Å². The van der Waals surface area contributed by atoms with E-state index in [4.69, 9.17) is 4.98 Å². The molecule has 0 saturated carbocycles. The maximum atomic E-state index is 13.3. The number of pyridine rings is 1. The van der Waals surface area contributed by atoms with Crippen LogP contribution in [0.1, 0.15) is 22.4 Å². The van der Waals surface area contributed by atoms with E-state index in [1.165, 1.54) is 22.5 Å². The van der Waals surface area contributed by atoms with Crippen molar-refractivity contribution in [3.8, 4) is 0 Å². The topological polar surface area (TPSA) is 46.1 Å². The highest BCUT2D eigenvalue weighted by molar-refractivity contribution is 9.10. The first-order chi connectivity index (χ1) is 14.0. The van der Waals surface area contributed by atoms with Crippen LogP contribution in [-0.2, 0) is 17.8 Å². The summed E-state index contributed by atoms with van der Waals surface area (Å²) in [6.07, 6.45) is 2.07. The molecule has 2 aromatic heterocycles. The molecule has 2 heterocycles. The molecule has 0 unspecified atom stereocenters. The lowest BCUT2D eigenvalue weighted by Crippen LogP contribution is -2.32. The lowest BCUT2D eigenvalue weighted by molar-refractivity contribution is -0.118. The van der Waals surface area contributed by atoms with Gasteiger partial charge in [-0.05, 0) is 60.9 Å². The Balaban J connectivity index is 1.68. The van der Waals surface area contributed by atoms with Gasteiger partial charge in [0.05, 0.1) is 28.9 Å². The van der Waals surface area contributed by atoms with Gasteiger partial charge >= 0.3 is 0 Å². The second-order valence-electron chi connectivity index (χ2n) is 7.00. The Bertz CT molecular complexity index is 1170. The molecule has 0 N–H and O–H groups in total. The van der Waals surface area contributed by atoms with Gasteiger partial charge in [-0.3, -0.25) is 14.7 Å². The van der Waals surface area contributed by atoms with Crippen LogP contribution in [0.5, 0.6) is 0 Å². The van der Waals surface area contributed by atoms with E-state index in [1.54, 1.807) is 11.1 Å². The number of hydrogen-bond acceptors (Lipinski definition) is 4. The van der Waals surface area contributed by atoms with Crippen molar-refractivity contribution in [2.24, 2.45) is 0 Å². The summed E-state index contributed by atoms with van der Waals surface area (Å²) in [5.41, 5.74) is 5.15. The van der Waals surface area contributed by atoms with Crippen LogP contribution in [0.2, 0.25) is 0 Å². The molecule has 146 valence electrons. The first-order valence-electron chi connectivity index (χ1n) is 9.32. The molecule has 0 saturated heterocycles. The van der Waals surface area contributed by atoms with Crippen molar-refractivity contribution in [3.05, 3.63) is 87.7 Å². The number of nitrogens with zero attached hydrogens (tertiary/aromatic N) is 3. The zero-order valence-corrected chi connectivity index (χ0v) is 18.6. The largest absolute Gasteiger partial charge is 0.282 e. The number of hydrogen-bond donors (Lipinski definition) is 0. The van der Waals surface area contributed by atoms with E-state index >= 15 is 0 Å². The zero-order chi connectivity index (χ0) is 20.4. The summed E-state index contributed by atoms with van der Waals surface area (Å²) in [4.78, 5) is 24.2. The molecule has 1 amide bonds. The predicted molar refractivity (Wildman–Crippen MR) is 122 cm³/mol. The van der Waals surface area contributed by atoms with Crippen LogP contribution in [0.15, 0.2) is 65.3 Å². The molecule has 0 atom stereocenters. The molecule has 0 aliphatic rings. The summed E-state index contributed by atoms with van der Waals surface area (Å²) < 4.78 is 2.04. The standard InChI is InChI=1S/C23H20BrN3OS/c1-15-6-7-17(11-16(15)2)12-22(28)27(14-19-5-3-4-10-25-19)23-26-20-9-8-18(24)13-21(20)29-23/h3-11,13H,12,14H2,1-2H3. The molecular formula is C23H20BrN3OS. The number of thiazole rings is 1. The molecule has 4 nitrogen and oxygen atoms in total. The highest BCUT2D eigenvalue weighted by atomic mass is 79.9. The summed E-state index contributed by atoms with van der Waals surface area (Å²) in [5, 5.41) is 0.692. The number of aromatic nitrogens is 2. The van der Waals surface area contributed by atoms with Crippen molar-refractivity contribution in [1.82, 2.24) is 9.97 Å². The van der Waals surface area contributed by atoms with Gasteiger partial charge in [0.1, 0.15) is 0 Å². The van der Waals surface area contributed by atoms with Gasteiger partial charge in [-0.25, -0.2) is 4.98 Å². The number of amides is 1. The third kappa shape index (κ3) is 4.54. The maximum Gasteiger partial charge on any atom is 0.233 e. The van der Waals surface area contributed by atoms with Crippen LogP contribution in [0.3, 0.4) is 0 Å². The first-order valence-corrected chi connectivity index (χ1v) is 10.9. The third-order valence-corrected chi connectivity index (χ3v) is 6.38. The zero-order valence-electron chi connectivity index (χ0n) is 16.2. The number of halogens is 1. The number of fused-ring (bicyclic) bond motifs is 1. The summed E-state index contributed by atoms with van der Waals surface area (Å²) in [7, 11) is 0. The molecule has 0 fully saturated rings. The molecule has 0 bridgehead atoms. The van der Waals surface area contributed by atoms with Crippen LogP contribution in [0.25, 0.3) is 10.2 Å². The number of aryl methyl sites for hydroxylation is 2. The maximum absolute atomic E-state index is 13.3. The van der Waals surface area contributed by atoms with Crippen molar-refractivity contribution in [3.63, 3.8) is 0 Å². The Morgan fingerprint density at radius 1 is 1.07 bits per heavy atom. The van der Waals surface area contributed by atoms with Gasteiger partial charge in [0.25, 0.3) is 0 Å². The van der Waals surface area contributed by atoms with Crippen molar-refractivity contribution < 1.29 is 4.79 Å². The minimum Gasteiger partial charge on any atom is -0.282 e.